The molecule has 17 heavy (non-hydrogen) atoms. The largest absolute Gasteiger partial charge is 0.305 e. The zero-order valence-electron chi connectivity index (χ0n) is 9.27. The van der Waals surface area contributed by atoms with Gasteiger partial charge in [-0.15, -0.1) is 11.3 Å². The smallest absolute Gasteiger partial charge is 0.234 e. The van der Waals surface area contributed by atoms with Crippen LogP contribution < -0.4 is 4.90 Å². The molecule has 86 valence electrons. The Balaban J connectivity index is 2.05. The number of amides is 1. The summed E-state index contributed by atoms with van der Waals surface area (Å²) >= 11 is 1.59. The summed E-state index contributed by atoms with van der Waals surface area (Å²) in [6.45, 7) is 2.15. The highest BCUT2D eigenvalue weighted by atomic mass is 32.1. The number of carbonyl (C=O) groups excluding carboxylic acids is 2. The first-order valence-electron chi connectivity index (χ1n) is 5.33. The molecule has 2 aromatic rings. The number of anilines is 1. The molecule has 1 fully saturated rings. The lowest BCUT2D eigenvalue weighted by atomic mass is 10.3. The number of rotatable bonds is 1. The Labute approximate surface area is 102 Å². The zero-order chi connectivity index (χ0) is 12.0. The number of fused-ring (bicyclic) bond motifs is 1. The maximum atomic E-state index is 11.6. The summed E-state index contributed by atoms with van der Waals surface area (Å²) in [4.78, 5) is 28.8. The molecule has 1 aromatic heterocycles. The Hall–Kier alpha value is -1.75. The van der Waals surface area contributed by atoms with Gasteiger partial charge in [-0.2, -0.15) is 0 Å². The number of nitrogens with zero attached hydrogens (tertiary/aromatic N) is 2. The minimum Gasteiger partial charge on any atom is -0.305 e. The highest BCUT2D eigenvalue weighted by Gasteiger charge is 2.28. The van der Waals surface area contributed by atoms with Crippen molar-refractivity contribution in [3.05, 3.63) is 23.2 Å². The molecule has 0 atom stereocenters. The standard InChI is InChI=1S/C12H10N2O2S/c1-7-13-10-3-2-8(4-11(10)17-7)14-6-9(15)5-12(14)16/h2-4H,5-6H2,1H3. The van der Waals surface area contributed by atoms with E-state index in [9.17, 15) is 9.59 Å². The number of hydrogen-bond donors (Lipinski definition) is 0. The van der Waals surface area contributed by atoms with E-state index in [0.29, 0.717) is 0 Å². The van der Waals surface area contributed by atoms with Crippen LogP contribution in [0.25, 0.3) is 10.2 Å². The number of hydrogen-bond acceptors (Lipinski definition) is 4. The van der Waals surface area contributed by atoms with Crippen molar-refractivity contribution in [1.29, 1.82) is 0 Å². The lowest BCUT2D eigenvalue weighted by Gasteiger charge is -2.14. The van der Waals surface area contributed by atoms with Gasteiger partial charge in [-0.05, 0) is 25.1 Å². The third kappa shape index (κ3) is 1.72. The monoisotopic (exact) mass is 246 g/mol. The summed E-state index contributed by atoms with van der Waals surface area (Å²) in [5.41, 5.74) is 1.73. The van der Waals surface area contributed by atoms with E-state index in [1.807, 2.05) is 25.1 Å². The molecular formula is C12H10N2O2S. The van der Waals surface area contributed by atoms with Crippen LogP contribution in [0.1, 0.15) is 11.4 Å². The average Bonchev–Trinajstić information content (AvgIpc) is 2.78. The molecule has 0 saturated carbocycles. The van der Waals surface area contributed by atoms with Crippen LogP contribution in [0.15, 0.2) is 18.2 Å². The third-order valence-corrected chi connectivity index (χ3v) is 3.71. The number of thiazole rings is 1. The second kappa shape index (κ2) is 3.63. The van der Waals surface area contributed by atoms with Crippen LogP contribution in [-0.2, 0) is 9.59 Å². The fourth-order valence-electron chi connectivity index (χ4n) is 2.02. The lowest BCUT2D eigenvalue weighted by Crippen LogP contribution is -2.24. The second-order valence-corrected chi connectivity index (χ2v) is 5.32. The van der Waals surface area contributed by atoms with Crippen LogP contribution in [0.4, 0.5) is 5.69 Å². The summed E-state index contributed by atoms with van der Waals surface area (Å²) in [6, 6.07) is 5.67. The molecule has 0 radical (unpaired) electrons. The molecule has 0 N–H and O–H groups in total. The molecule has 5 heteroatoms. The summed E-state index contributed by atoms with van der Waals surface area (Å²) < 4.78 is 1.05. The van der Waals surface area contributed by atoms with Crippen LogP contribution in [0.3, 0.4) is 0 Å². The molecule has 1 saturated heterocycles. The summed E-state index contributed by atoms with van der Waals surface area (Å²) in [5, 5.41) is 1.00. The van der Waals surface area contributed by atoms with Crippen molar-refractivity contribution in [3.8, 4) is 0 Å². The maximum absolute atomic E-state index is 11.6. The number of aryl methyl sites for hydroxylation is 1. The molecule has 3 rings (SSSR count). The van der Waals surface area contributed by atoms with Crippen molar-refractivity contribution in [2.75, 3.05) is 11.4 Å². The number of carbonyl (C=O) groups is 2. The molecule has 1 aromatic carbocycles. The van der Waals surface area contributed by atoms with Crippen LogP contribution >= 0.6 is 11.3 Å². The Morgan fingerprint density at radius 1 is 1.35 bits per heavy atom. The molecule has 4 nitrogen and oxygen atoms in total. The predicted octanol–water partition coefficient (Wildman–Crippen LogP) is 1.91. The Morgan fingerprint density at radius 2 is 2.18 bits per heavy atom. The van der Waals surface area contributed by atoms with E-state index < -0.39 is 0 Å². The fourth-order valence-corrected chi connectivity index (χ4v) is 2.88. The van der Waals surface area contributed by atoms with Gasteiger partial charge in [0.15, 0.2) is 5.78 Å². The number of aromatic nitrogens is 1. The lowest BCUT2D eigenvalue weighted by molar-refractivity contribution is -0.121. The van der Waals surface area contributed by atoms with Crippen LogP contribution in [0.2, 0.25) is 0 Å². The van der Waals surface area contributed by atoms with Gasteiger partial charge in [0.1, 0.15) is 0 Å². The Morgan fingerprint density at radius 3 is 2.88 bits per heavy atom. The maximum Gasteiger partial charge on any atom is 0.234 e. The minimum atomic E-state index is -0.115. The average molecular weight is 246 g/mol. The molecule has 0 unspecified atom stereocenters. The third-order valence-electron chi connectivity index (χ3n) is 2.77. The Bertz CT molecular complexity index is 632. The first-order chi connectivity index (χ1) is 8.13. The van der Waals surface area contributed by atoms with E-state index >= 15 is 0 Å². The van der Waals surface area contributed by atoms with Gasteiger partial charge in [0.05, 0.1) is 28.2 Å². The van der Waals surface area contributed by atoms with Crippen molar-refractivity contribution in [3.63, 3.8) is 0 Å². The van der Waals surface area contributed by atoms with E-state index in [0.717, 1.165) is 20.9 Å². The quantitative estimate of drug-likeness (QED) is 0.722. The van der Waals surface area contributed by atoms with Crippen molar-refractivity contribution >= 4 is 38.9 Å². The van der Waals surface area contributed by atoms with Crippen molar-refractivity contribution in [1.82, 2.24) is 4.98 Å². The molecule has 1 amide bonds. The fraction of sp³-hybridized carbons (Fsp3) is 0.250. The van der Waals surface area contributed by atoms with E-state index in [-0.39, 0.29) is 24.7 Å². The first-order valence-corrected chi connectivity index (χ1v) is 6.14. The second-order valence-electron chi connectivity index (χ2n) is 4.08. The molecule has 0 spiro atoms. The van der Waals surface area contributed by atoms with Gasteiger partial charge in [-0.3, -0.25) is 9.59 Å². The van der Waals surface area contributed by atoms with Crippen LogP contribution in [0.5, 0.6) is 0 Å². The summed E-state index contributed by atoms with van der Waals surface area (Å²) in [5.74, 6) is -0.133. The van der Waals surface area contributed by atoms with Gasteiger partial charge >= 0.3 is 0 Å². The van der Waals surface area contributed by atoms with E-state index in [1.54, 1.807) is 11.3 Å². The molecule has 0 bridgehead atoms. The van der Waals surface area contributed by atoms with Crippen LogP contribution in [0, 0.1) is 6.92 Å². The van der Waals surface area contributed by atoms with Crippen molar-refractivity contribution in [2.24, 2.45) is 0 Å². The van der Waals surface area contributed by atoms with Gasteiger partial charge in [-0.1, -0.05) is 0 Å². The SMILES string of the molecule is Cc1nc2ccc(N3CC(=O)CC3=O)cc2s1. The van der Waals surface area contributed by atoms with Crippen molar-refractivity contribution in [2.45, 2.75) is 13.3 Å². The number of ketones is 1. The van der Waals surface area contributed by atoms with Crippen molar-refractivity contribution < 1.29 is 9.59 Å². The van der Waals surface area contributed by atoms with Gasteiger partial charge in [-0.25, -0.2) is 4.98 Å². The number of benzene rings is 1. The van der Waals surface area contributed by atoms with Gasteiger partial charge < -0.3 is 4.90 Å². The zero-order valence-corrected chi connectivity index (χ0v) is 10.1. The summed E-state index contributed by atoms with van der Waals surface area (Å²) in [7, 11) is 0. The first kappa shape index (κ1) is 10.4. The van der Waals surface area contributed by atoms with Crippen LogP contribution in [-0.4, -0.2) is 23.2 Å². The van der Waals surface area contributed by atoms with Gasteiger partial charge in [0.2, 0.25) is 5.91 Å². The normalized spacial score (nSPS) is 16.2. The molecule has 1 aliphatic heterocycles. The molecule has 2 heterocycles. The topological polar surface area (TPSA) is 50.3 Å². The van der Waals surface area contributed by atoms with E-state index in [4.69, 9.17) is 0 Å². The van der Waals surface area contributed by atoms with E-state index in [2.05, 4.69) is 4.98 Å². The molecule has 0 aliphatic carbocycles. The predicted molar refractivity (Wildman–Crippen MR) is 66.3 cm³/mol. The molecular weight excluding hydrogens is 236 g/mol. The Kier molecular flexibility index (Phi) is 2.22. The van der Waals surface area contributed by atoms with Gasteiger partial charge in [0.25, 0.3) is 0 Å². The van der Waals surface area contributed by atoms with E-state index in [1.165, 1.54) is 4.90 Å². The minimum absolute atomic E-state index is 0.0180. The number of Topliss-reactive ketones (excluding diaryl/α,β-unsaturated/α-hetero) is 1. The molecule has 1 aliphatic rings. The highest BCUT2D eigenvalue weighted by molar-refractivity contribution is 7.18. The highest BCUT2D eigenvalue weighted by Crippen LogP contribution is 2.28. The summed E-state index contributed by atoms with van der Waals surface area (Å²) in [6.07, 6.45) is 0.0275. The van der Waals surface area contributed by atoms with Gasteiger partial charge in [0, 0.05) is 5.69 Å².